The van der Waals surface area contributed by atoms with Gasteiger partial charge in [0.15, 0.2) is 0 Å². The largest absolute Gasteiger partial charge is 0.383 e. The Bertz CT molecular complexity index is 554. The monoisotopic (exact) mass is 232 g/mol. The number of aryl methyl sites for hydroxylation is 1. The molecular formula is C12H13FN4. The van der Waals surface area contributed by atoms with E-state index < -0.39 is 0 Å². The highest BCUT2D eigenvalue weighted by Gasteiger charge is 2.08. The molecule has 2 aromatic rings. The minimum absolute atomic E-state index is 0.332. The molecule has 0 aliphatic carbocycles. The highest BCUT2D eigenvalue weighted by molar-refractivity contribution is 5.63. The Morgan fingerprint density at radius 3 is 2.59 bits per heavy atom. The van der Waals surface area contributed by atoms with E-state index in [1.165, 1.54) is 6.07 Å². The summed E-state index contributed by atoms with van der Waals surface area (Å²) in [5, 5.41) is 2.92. The van der Waals surface area contributed by atoms with Crippen molar-refractivity contribution in [2.75, 3.05) is 11.1 Å². The molecule has 0 radical (unpaired) electrons. The first-order valence-electron chi connectivity index (χ1n) is 5.20. The minimum atomic E-state index is -0.332. The van der Waals surface area contributed by atoms with Crippen LogP contribution in [-0.4, -0.2) is 9.97 Å². The molecule has 0 saturated heterocycles. The van der Waals surface area contributed by atoms with E-state index in [2.05, 4.69) is 15.3 Å². The average molecular weight is 232 g/mol. The lowest BCUT2D eigenvalue weighted by Crippen LogP contribution is -2.05. The zero-order valence-corrected chi connectivity index (χ0v) is 9.66. The first kappa shape index (κ1) is 11.3. The van der Waals surface area contributed by atoms with Gasteiger partial charge in [-0.3, -0.25) is 0 Å². The van der Waals surface area contributed by atoms with Crippen molar-refractivity contribution in [3.8, 4) is 0 Å². The summed E-state index contributed by atoms with van der Waals surface area (Å²) in [6.45, 7) is 3.53. The van der Waals surface area contributed by atoms with E-state index in [0.29, 0.717) is 28.7 Å². The predicted molar refractivity (Wildman–Crippen MR) is 65.6 cm³/mol. The summed E-state index contributed by atoms with van der Waals surface area (Å²) >= 11 is 0. The van der Waals surface area contributed by atoms with Crippen LogP contribution < -0.4 is 11.1 Å². The maximum Gasteiger partial charge on any atom is 0.146 e. The van der Waals surface area contributed by atoms with Gasteiger partial charge in [-0.05, 0) is 26.0 Å². The Morgan fingerprint density at radius 1 is 1.18 bits per heavy atom. The van der Waals surface area contributed by atoms with Gasteiger partial charge in [0.1, 0.15) is 23.3 Å². The lowest BCUT2D eigenvalue weighted by molar-refractivity contribution is 0.631. The summed E-state index contributed by atoms with van der Waals surface area (Å²) in [5.41, 5.74) is 6.80. The molecule has 17 heavy (non-hydrogen) atoms. The third-order valence-corrected chi connectivity index (χ3v) is 2.42. The molecule has 0 aliphatic rings. The van der Waals surface area contributed by atoms with E-state index in [1.54, 1.807) is 32.0 Å². The number of halogens is 1. The smallest absolute Gasteiger partial charge is 0.146 e. The fraction of sp³-hybridized carbons (Fsp3) is 0.167. The van der Waals surface area contributed by atoms with Crippen molar-refractivity contribution in [2.24, 2.45) is 0 Å². The average Bonchev–Trinajstić information content (AvgIpc) is 2.28. The van der Waals surface area contributed by atoms with Crippen LogP contribution in [0.2, 0.25) is 0 Å². The molecule has 5 heteroatoms. The minimum Gasteiger partial charge on any atom is -0.383 e. The second-order valence-corrected chi connectivity index (χ2v) is 3.73. The number of nitrogens with one attached hydrogen (secondary N) is 1. The number of nitrogens with two attached hydrogens (primary N) is 1. The number of benzene rings is 1. The standard InChI is InChI=1S/C12H13FN4/c1-7-11(14)15-8(2)16-12(7)17-10-6-4-3-5-9(10)13/h3-6H,1-2H3,(H3,14,15,16,17). The first-order chi connectivity index (χ1) is 8.08. The van der Waals surface area contributed by atoms with Gasteiger partial charge in [0.05, 0.1) is 5.69 Å². The van der Waals surface area contributed by atoms with E-state index >= 15 is 0 Å². The number of hydrogen-bond acceptors (Lipinski definition) is 4. The fourth-order valence-electron chi connectivity index (χ4n) is 1.46. The normalized spacial score (nSPS) is 10.3. The highest BCUT2D eigenvalue weighted by Crippen LogP contribution is 2.23. The summed E-state index contributed by atoms with van der Waals surface area (Å²) in [6.07, 6.45) is 0. The van der Waals surface area contributed by atoms with Gasteiger partial charge in [-0.1, -0.05) is 12.1 Å². The maximum absolute atomic E-state index is 13.5. The van der Waals surface area contributed by atoms with Gasteiger partial charge in [-0.2, -0.15) is 0 Å². The zero-order chi connectivity index (χ0) is 12.4. The summed E-state index contributed by atoms with van der Waals surface area (Å²) in [6, 6.07) is 6.41. The van der Waals surface area contributed by atoms with Crippen molar-refractivity contribution in [3.63, 3.8) is 0 Å². The van der Waals surface area contributed by atoms with E-state index in [0.717, 1.165) is 0 Å². The van der Waals surface area contributed by atoms with Crippen LogP contribution in [0.3, 0.4) is 0 Å². The molecule has 1 aromatic heterocycles. The van der Waals surface area contributed by atoms with Crippen molar-refractivity contribution in [1.29, 1.82) is 0 Å². The van der Waals surface area contributed by atoms with Crippen LogP contribution in [-0.2, 0) is 0 Å². The fourth-order valence-corrected chi connectivity index (χ4v) is 1.46. The summed E-state index contributed by atoms with van der Waals surface area (Å²) in [5.74, 6) is 1.14. The molecular weight excluding hydrogens is 219 g/mol. The molecule has 0 amide bonds. The van der Waals surface area contributed by atoms with E-state index in [1.807, 2.05) is 0 Å². The van der Waals surface area contributed by atoms with E-state index in [9.17, 15) is 4.39 Å². The van der Waals surface area contributed by atoms with Crippen LogP contribution in [0.1, 0.15) is 11.4 Å². The van der Waals surface area contributed by atoms with Crippen LogP contribution in [0.25, 0.3) is 0 Å². The van der Waals surface area contributed by atoms with Crippen molar-refractivity contribution in [1.82, 2.24) is 9.97 Å². The SMILES string of the molecule is Cc1nc(N)c(C)c(Nc2ccccc2F)n1. The van der Waals surface area contributed by atoms with E-state index in [4.69, 9.17) is 5.73 Å². The molecule has 0 spiro atoms. The van der Waals surface area contributed by atoms with Crippen molar-refractivity contribution in [2.45, 2.75) is 13.8 Å². The summed E-state index contributed by atoms with van der Waals surface area (Å²) in [7, 11) is 0. The Morgan fingerprint density at radius 2 is 1.88 bits per heavy atom. The van der Waals surface area contributed by atoms with Gasteiger partial charge in [-0.15, -0.1) is 0 Å². The van der Waals surface area contributed by atoms with Gasteiger partial charge in [0.2, 0.25) is 0 Å². The van der Waals surface area contributed by atoms with Crippen LogP contribution >= 0.6 is 0 Å². The molecule has 0 atom stereocenters. The Hall–Kier alpha value is -2.17. The number of anilines is 3. The Labute approximate surface area is 98.7 Å². The molecule has 4 nitrogen and oxygen atoms in total. The van der Waals surface area contributed by atoms with Gasteiger partial charge < -0.3 is 11.1 Å². The van der Waals surface area contributed by atoms with Gasteiger partial charge in [0, 0.05) is 5.56 Å². The van der Waals surface area contributed by atoms with Gasteiger partial charge in [0.25, 0.3) is 0 Å². The molecule has 1 heterocycles. The van der Waals surface area contributed by atoms with Crippen LogP contribution in [0.4, 0.5) is 21.7 Å². The third-order valence-electron chi connectivity index (χ3n) is 2.42. The Kier molecular flexibility index (Phi) is 2.91. The number of aromatic nitrogens is 2. The topological polar surface area (TPSA) is 63.8 Å². The molecule has 0 unspecified atom stereocenters. The quantitative estimate of drug-likeness (QED) is 0.835. The van der Waals surface area contributed by atoms with Crippen molar-refractivity contribution < 1.29 is 4.39 Å². The highest BCUT2D eigenvalue weighted by atomic mass is 19.1. The number of rotatable bonds is 2. The summed E-state index contributed by atoms with van der Waals surface area (Å²) in [4.78, 5) is 8.23. The van der Waals surface area contributed by atoms with Crippen molar-refractivity contribution >= 4 is 17.3 Å². The second-order valence-electron chi connectivity index (χ2n) is 3.73. The predicted octanol–water partition coefficient (Wildman–Crippen LogP) is 2.56. The summed E-state index contributed by atoms with van der Waals surface area (Å²) < 4.78 is 13.5. The van der Waals surface area contributed by atoms with Crippen molar-refractivity contribution in [3.05, 3.63) is 41.5 Å². The van der Waals surface area contributed by atoms with Gasteiger partial charge >= 0.3 is 0 Å². The molecule has 3 N–H and O–H groups in total. The lowest BCUT2D eigenvalue weighted by Gasteiger charge is -2.11. The molecule has 0 fully saturated rings. The molecule has 2 rings (SSSR count). The molecule has 0 bridgehead atoms. The van der Waals surface area contributed by atoms with Crippen LogP contribution in [0, 0.1) is 19.7 Å². The van der Waals surface area contributed by atoms with E-state index in [-0.39, 0.29) is 5.82 Å². The Balaban J connectivity index is 2.40. The molecule has 0 aliphatic heterocycles. The maximum atomic E-state index is 13.5. The molecule has 0 saturated carbocycles. The number of hydrogen-bond donors (Lipinski definition) is 2. The first-order valence-corrected chi connectivity index (χ1v) is 5.20. The molecule has 88 valence electrons. The number of para-hydroxylation sites is 1. The second kappa shape index (κ2) is 4.37. The third kappa shape index (κ3) is 2.33. The van der Waals surface area contributed by atoms with Gasteiger partial charge in [-0.25, -0.2) is 14.4 Å². The lowest BCUT2D eigenvalue weighted by atomic mass is 10.2. The van der Waals surface area contributed by atoms with Crippen LogP contribution in [0.15, 0.2) is 24.3 Å². The zero-order valence-electron chi connectivity index (χ0n) is 9.66. The van der Waals surface area contributed by atoms with Crippen LogP contribution in [0.5, 0.6) is 0 Å². The number of nitrogens with zero attached hydrogens (tertiary/aromatic N) is 2. The number of nitrogen functional groups attached to an aromatic ring is 1. The molecule has 1 aromatic carbocycles.